The van der Waals surface area contributed by atoms with E-state index in [2.05, 4.69) is 9.97 Å². The molecule has 0 bridgehead atoms. The van der Waals surface area contributed by atoms with Gasteiger partial charge in [-0.1, -0.05) is 6.07 Å². The van der Waals surface area contributed by atoms with Crippen LogP contribution >= 0.6 is 11.3 Å². The molecule has 0 fully saturated rings. The third kappa shape index (κ3) is 1.94. The molecule has 0 saturated heterocycles. The number of hydrogen-bond donors (Lipinski definition) is 1. The maximum atomic E-state index is 13.7. The Bertz CT molecular complexity index is 818. The van der Waals surface area contributed by atoms with Gasteiger partial charge in [0.1, 0.15) is 22.3 Å². The topological polar surface area (TPSA) is 45.8 Å². The van der Waals surface area contributed by atoms with E-state index < -0.39 is 17.2 Å². The molecule has 3 nitrogen and oxygen atoms in total. The summed E-state index contributed by atoms with van der Waals surface area (Å²) in [6, 6.07) is 5.22. The number of fused-ring (bicyclic) bond motifs is 1. The average Bonchev–Trinajstić information content (AvgIpc) is 2.70. The minimum Gasteiger partial charge on any atom is -0.306 e. The zero-order valence-electron chi connectivity index (χ0n) is 9.83. The highest BCUT2D eigenvalue weighted by atomic mass is 32.1. The standard InChI is InChI=1S/C13H8F2N2OS/c1-6-5-7-12(18)16-11(17-13(7)19-6)10-8(14)3-2-4-9(10)15/h2-5H,1H3,(H,16,17,18). The summed E-state index contributed by atoms with van der Waals surface area (Å²) >= 11 is 1.31. The number of aromatic amines is 1. The van der Waals surface area contributed by atoms with Gasteiger partial charge in [0.15, 0.2) is 0 Å². The first kappa shape index (κ1) is 12.0. The number of halogens is 2. The molecule has 6 heteroatoms. The number of nitrogens with one attached hydrogen (secondary N) is 1. The lowest BCUT2D eigenvalue weighted by atomic mass is 10.2. The molecule has 1 N–H and O–H groups in total. The molecular weight excluding hydrogens is 270 g/mol. The zero-order chi connectivity index (χ0) is 13.6. The minimum atomic E-state index is -0.754. The van der Waals surface area contributed by atoms with Crippen molar-refractivity contribution < 1.29 is 8.78 Å². The Morgan fingerprint density at radius 2 is 1.95 bits per heavy atom. The van der Waals surface area contributed by atoms with Crippen LogP contribution in [-0.2, 0) is 0 Å². The zero-order valence-corrected chi connectivity index (χ0v) is 10.6. The minimum absolute atomic E-state index is 0.0880. The number of aromatic nitrogens is 2. The second-order valence-corrected chi connectivity index (χ2v) is 5.32. The quantitative estimate of drug-likeness (QED) is 0.742. The first-order valence-electron chi connectivity index (χ1n) is 5.51. The third-order valence-corrected chi connectivity index (χ3v) is 3.67. The Labute approximate surface area is 110 Å². The number of rotatable bonds is 1. The Balaban J connectivity index is 2.35. The summed E-state index contributed by atoms with van der Waals surface area (Å²) in [4.78, 5) is 19.8. The van der Waals surface area contributed by atoms with E-state index >= 15 is 0 Å². The van der Waals surface area contributed by atoms with Gasteiger partial charge >= 0.3 is 0 Å². The van der Waals surface area contributed by atoms with Crippen molar-refractivity contribution in [3.63, 3.8) is 0 Å². The third-order valence-electron chi connectivity index (χ3n) is 2.73. The molecule has 0 spiro atoms. The van der Waals surface area contributed by atoms with Crippen molar-refractivity contribution >= 4 is 21.6 Å². The molecule has 0 aliphatic heterocycles. The van der Waals surface area contributed by atoms with Crippen molar-refractivity contribution in [2.45, 2.75) is 6.92 Å². The molecule has 19 heavy (non-hydrogen) atoms. The normalized spacial score (nSPS) is 11.1. The van der Waals surface area contributed by atoms with E-state index in [1.807, 2.05) is 6.92 Å². The summed E-state index contributed by atoms with van der Waals surface area (Å²) in [7, 11) is 0. The van der Waals surface area contributed by atoms with E-state index in [-0.39, 0.29) is 11.4 Å². The fraction of sp³-hybridized carbons (Fsp3) is 0.0769. The van der Waals surface area contributed by atoms with E-state index in [1.54, 1.807) is 6.07 Å². The number of hydrogen-bond acceptors (Lipinski definition) is 3. The fourth-order valence-corrected chi connectivity index (χ4v) is 2.77. The molecule has 3 aromatic rings. The van der Waals surface area contributed by atoms with E-state index in [1.165, 1.54) is 17.4 Å². The van der Waals surface area contributed by atoms with Gasteiger partial charge in [-0.05, 0) is 25.1 Å². The second kappa shape index (κ2) is 4.24. The lowest BCUT2D eigenvalue weighted by Crippen LogP contribution is -2.09. The van der Waals surface area contributed by atoms with Gasteiger partial charge < -0.3 is 4.98 Å². The molecular formula is C13H8F2N2OS. The monoisotopic (exact) mass is 278 g/mol. The van der Waals surface area contributed by atoms with Gasteiger partial charge in [-0.15, -0.1) is 11.3 Å². The highest BCUT2D eigenvalue weighted by Crippen LogP contribution is 2.26. The molecule has 0 amide bonds. The van der Waals surface area contributed by atoms with Crippen LogP contribution < -0.4 is 5.56 Å². The lowest BCUT2D eigenvalue weighted by Gasteiger charge is -2.03. The van der Waals surface area contributed by atoms with Crippen molar-refractivity contribution in [1.29, 1.82) is 0 Å². The fourth-order valence-electron chi connectivity index (χ4n) is 1.89. The largest absolute Gasteiger partial charge is 0.306 e. The molecule has 0 aliphatic carbocycles. The van der Waals surface area contributed by atoms with Crippen molar-refractivity contribution in [1.82, 2.24) is 9.97 Å². The summed E-state index contributed by atoms with van der Waals surface area (Å²) in [5.74, 6) is -1.60. The van der Waals surface area contributed by atoms with E-state index in [0.717, 1.165) is 17.0 Å². The molecule has 0 atom stereocenters. The van der Waals surface area contributed by atoms with Crippen LogP contribution in [0.1, 0.15) is 4.88 Å². The van der Waals surface area contributed by atoms with Crippen LogP contribution in [-0.4, -0.2) is 9.97 Å². The van der Waals surface area contributed by atoms with Crippen molar-refractivity contribution in [2.75, 3.05) is 0 Å². The Morgan fingerprint density at radius 3 is 2.63 bits per heavy atom. The summed E-state index contributed by atoms with van der Waals surface area (Å²) < 4.78 is 27.3. The van der Waals surface area contributed by atoms with Gasteiger partial charge in [0.2, 0.25) is 0 Å². The number of benzene rings is 1. The highest BCUT2D eigenvalue weighted by molar-refractivity contribution is 7.18. The molecule has 0 saturated carbocycles. The van der Waals surface area contributed by atoms with E-state index in [4.69, 9.17) is 0 Å². The average molecular weight is 278 g/mol. The van der Waals surface area contributed by atoms with Gasteiger partial charge in [0.05, 0.1) is 10.9 Å². The van der Waals surface area contributed by atoms with Gasteiger partial charge in [0, 0.05) is 4.88 Å². The number of H-pyrrole nitrogens is 1. The van der Waals surface area contributed by atoms with Crippen LogP contribution in [0.4, 0.5) is 8.78 Å². The maximum Gasteiger partial charge on any atom is 0.259 e. The van der Waals surface area contributed by atoms with Crippen molar-refractivity contribution in [3.05, 3.63) is 51.1 Å². The molecule has 2 aromatic heterocycles. The van der Waals surface area contributed by atoms with Crippen LogP contribution in [0, 0.1) is 18.6 Å². The van der Waals surface area contributed by atoms with Gasteiger partial charge in [-0.3, -0.25) is 4.79 Å². The maximum absolute atomic E-state index is 13.7. The molecule has 0 aliphatic rings. The molecule has 2 heterocycles. The van der Waals surface area contributed by atoms with Gasteiger partial charge in [-0.2, -0.15) is 0 Å². The lowest BCUT2D eigenvalue weighted by molar-refractivity contribution is 0.587. The number of thiophene rings is 1. The van der Waals surface area contributed by atoms with E-state index in [0.29, 0.717) is 10.2 Å². The number of aryl methyl sites for hydroxylation is 1. The molecule has 0 radical (unpaired) electrons. The van der Waals surface area contributed by atoms with Crippen LogP contribution in [0.15, 0.2) is 29.1 Å². The van der Waals surface area contributed by atoms with Gasteiger partial charge in [-0.25, -0.2) is 13.8 Å². The second-order valence-electron chi connectivity index (χ2n) is 4.09. The first-order chi connectivity index (χ1) is 9.06. The molecule has 0 unspecified atom stereocenters. The smallest absolute Gasteiger partial charge is 0.259 e. The van der Waals surface area contributed by atoms with Gasteiger partial charge in [0.25, 0.3) is 5.56 Å². The first-order valence-corrected chi connectivity index (χ1v) is 6.33. The summed E-state index contributed by atoms with van der Waals surface area (Å²) in [6.45, 7) is 1.84. The van der Waals surface area contributed by atoms with Crippen LogP contribution in [0.25, 0.3) is 21.6 Å². The summed E-state index contributed by atoms with van der Waals surface area (Å²) in [6.07, 6.45) is 0. The predicted molar refractivity (Wildman–Crippen MR) is 70.3 cm³/mol. The van der Waals surface area contributed by atoms with Crippen LogP contribution in [0.5, 0.6) is 0 Å². The number of nitrogens with zero attached hydrogens (tertiary/aromatic N) is 1. The summed E-state index contributed by atoms with van der Waals surface area (Å²) in [5, 5.41) is 0.433. The Hall–Kier alpha value is -2.08. The molecule has 96 valence electrons. The Kier molecular flexibility index (Phi) is 2.67. The van der Waals surface area contributed by atoms with Crippen molar-refractivity contribution in [2.24, 2.45) is 0 Å². The van der Waals surface area contributed by atoms with Crippen LogP contribution in [0.2, 0.25) is 0 Å². The molecule has 1 aromatic carbocycles. The predicted octanol–water partition coefficient (Wildman–Crippen LogP) is 3.24. The van der Waals surface area contributed by atoms with Crippen LogP contribution in [0.3, 0.4) is 0 Å². The summed E-state index contributed by atoms with van der Waals surface area (Å²) in [5.41, 5.74) is -0.709. The van der Waals surface area contributed by atoms with Crippen molar-refractivity contribution in [3.8, 4) is 11.4 Å². The van der Waals surface area contributed by atoms with E-state index in [9.17, 15) is 13.6 Å². The molecule has 3 rings (SSSR count). The Morgan fingerprint density at radius 1 is 1.26 bits per heavy atom. The highest BCUT2D eigenvalue weighted by Gasteiger charge is 2.15. The SMILES string of the molecule is Cc1cc2c(=O)[nH]c(-c3c(F)cccc3F)nc2s1.